The third-order valence-corrected chi connectivity index (χ3v) is 3.29. The minimum absolute atomic E-state index is 0.0125. The lowest BCUT2D eigenvalue weighted by Gasteiger charge is -2.09. The average molecular weight is 228 g/mol. The Balaban J connectivity index is 2.12. The second kappa shape index (κ2) is 4.00. The minimum Gasteiger partial charge on any atom is -0.390 e. The van der Waals surface area contributed by atoms with Crippen LogP contribution in [0.1, 0.15) is 35.7 Å². The molecule has 1 fully saturated rings. The van der Waals surface area contributed by atoms with Crippen molar-refractivity contribution in [2.24, 2.45) is 0 Å². The zero-order valence-corrected chi connectivity index (χ0v) is 9.93. The number of benzene rings is 1. The number of hydrogen-bond donors (Lipinski definition) is 1. The molecule has 1 aromatic heterocycles. The highest BCUT2D eigenvalue weighted by Gasteiger charge is 2.28. The highest BCUT2D eigenvalue weighted by molar-refractivity contribution is 5.42. The molecular formula is C14H16N2O. The van der Waals surface area contributed by atoms with Gasteiger partial charge in [-0.3, -0.25) is 0 Å². The van der Waals surface area contributed by atoms with E-state index in [-0.39, 0.29) is 6.61 Å². The van der Waals surface area contributed by atoms with Crippen molar-refractivity contribution in [2.45, 2.75) is 32.3 Å². The van der Waals surface area contributed by atoms with Crippen molar-refractivity contribution in [1.29, 1.82) is 0 Å². The van der Waals surface area contributed by atoms with Crippen molar-refractivity contribution in [3.63, 3.8) is 0 Å². The third kappa shape index (κ3) is 1.87. The van der Waals surface area contributed by atoms with E-state index in [4.69, 9.17) is 0 Å². The van der Waals surface area contributed by atoms with Crippen LogP contribution in [0.2, 0.25) is 0 Å². The summed E-state index contributed by atoms with van der Waals surface area (Å²) in [5.41, 5.74) is 4.33. The zero-order valence-electron chi connectivity index (χ0n) is 9.93. The van der Waals surface area contributed by atoms with E-state index in [1.165, 1.54) is 24.1 Å². The van der Waals surface area contributed by atoms with Crippen LogP contribution in [0.5, 0.6) is 0 Å². The van der Waals surface area contributed by atoms with E-state index in [1.807, 2.05) is 22.9 Å². The Morgan fingerprint density at radius 1 is 1.35 bits per heavy atom. The molecule has 1 saturated carbocycles. The quantitative estimate of drug-likeness (QED) is 0.876. The number of aliphatic hydroxyl groups is 1. The molecule has 1 N–H and O–H groups in total. The Kier molecular flexibility index (Phi) is 2.48. The number of nitrogens with zero attached hydrogens (tertiary/aromatic N) is 2. The Morgan fingerprint density at radius 2 is 2.12 bits per heavy atom. The fourth-order valence-electron chi connectivity index (χ4n) is 2.19. The van der Waals surface area contributed by atoms with Gasteiger partial charge in [0.25, 0.3) is 0 Å². The largest absolute Gasteiger partial charge is 0.390 e. The number of hydrogen-bond acceptors (Lipinski definition) is 2. The van der Waals surface area contributed by atoms with Gasteiger partial charge in [-0.25, -0.2) is 4.68 Å². The summed E-state index contributed by atoms with van der Waals surface area (Å²) in [6, 6.07) is 10.3. The standard InChI is InChI=1S/C14H16N2O/c1-10-4-2-3-5-13(10)16-14(11-6-7-11)8-12(9-17)15-16/h2-5,8,11,17H,6-7,9H2,1H3. The molecule has 88 valence electrons. The van der Waals surface area contributed by atoms with Gasteiger partial charge >= 0.3 is 0 Å². The van der Waals surface area contributed by atoms with E-state index in [9.17, 15) is 5.11 Å². The Hall–Kier alpha value is -1.61. The van der Waals surface area contributed by atoms with Crippen LogP contribution in [0.3, 0.4) is 0 Å². The number of rotatable bonds is 3. The smallest absolute Gasteiger partial charge is 0.0886 e. The Bertz CT molecular complexity index is 541. The number of aliphatic hydroxyl groups excluding tert-OH is 1. The topological polar surface area (TPSA) is 38.0 Å². The van der Waals surface area contributed by atoms with Crippen LogP contribution in [0.25, 0.3) is 5.69 Å². The minimum atomic E-state index is 0.0125. The molecule has 0 atom stereocenters. The van der Waals surface area contributed by atoms with Gasteiger partial charge in [0.15, 0.2) is 0 Å². The van der Waals surface area contributed by atoms with Crippen LogP contribution in [0, 0.1) is 6.92 Å². The second-order valence-corrected chi connectivity index (χ2v) is 4.69. The molecule has 0 amide bonds. The highest BCUT2D eigenvalue weighted by Crippen LogP contribution is 2.41. The molecule has 0 saturated heterocycles. The maximum atomic E-state index is 9.22. The first-order chi connectivity index (χ1) is 8.29. The van der Waals surface area contributed by atoms with E-state index in [0.717, 1.165) is 11.4 Å². The van der Waals surface area contributed by atoms with Gasteiger partial charge < -0.3 is 5.11 Å². The Morgan fingerprint density at radius 3 is 2.76 bits per heavy atom. The monoisotopic (exact) mass is 228 g/mol. The molecule has 3 rings (SSSR count). The van der Waals surface area contributed by atoms with Gasteiger partial charge in [0, 0.05) is 11.6 Å². The number of aromatic nitrogens is 2. The predicted molar refractivity (Wildman–Crippen MR) is 66.2 cm³/mol. The summed E-state index contributed by atoms with van der Waals surface area (Å²) in [5.74, 6) is 0.627. The van der Waals surface area contributed by atoms with Gasteiger partial charge in [0.1, 0.15) is 0 Å². The molecule has 0 aliphatic heterocycles. The van der Waals surface area contributed by atoms with E-state index in [2.05, 4.69) is 24.2 Å². The summed E-state index contributed by atoms with van der Waals surface area (Å²) < 4.78 is 2.00. The summed E-state index contributed by atoms with van der Waals surface area (Å²) >= 11 is 0. The molecule has 3 nitrogen and oxygen atoms in total. The molecule has 1 heterocycles. The molecule has 0 radical (unpaired) electrons. The lowest BCUT2D eigenvalue weighted by Crippen LogP contribution is -2.03. The third-order valence-electron chi connectivity index (χ3n) is 3.29. The summed E-state index contributed by atoms with van der Waals surface area (Å²) in [6.45, 7) is 2.10. The van der Waals surface area contributed by atoms with Crippen LogP contribution in [0.15, 0.2) is 30.3 Å². The van der Waals surface area contributed by atoms with Crippen molar-refractivity contribution < 1.29 is 5.11 Å². The first kappa shape index (κ1) is 10.5. The van der Waals surface area contributed by atoms with Crippen LogP contribution < -0.4 is 0 Å². The molecule has 2 aromatic rings. The van der Waals surface area contributed by atoms with Gasteiger partial charge in [-0.15, -0.1) is 0 Å². The van der Waals surface area contributed by atoms with Crippen molar-refractivity contribution in [3.05, 3.63) is 47.3 Å². The lowest BCUT2D eigenvalue weighted by molar-refractivity contribution is 0.276. The first-order valence-electron chi connectivity index (χ1n) is 6.05. The summed E-state index contributed by atoms with van der Waals surface area (Å²) in [5, 5.41) is 13.7. The van der Waals surface area contributed by atoms with Crippen molar-refractivity contribution in [1.82, 2.24) is 9.78 Å². The Labute approximate surface area is 101 Å². The normalized spacial score (nSPS) is 15.2. The highest BCUT2D eigenvalue weighted by atomic mass is 16.3. The molecule has 1 aromatic carbocycles. The van der Waals surface area contributed by atoms with Gasteiger partial charge in [-0.2, -0.15) is 5.10 Å². The zero-order chi connectivity index (χ0) is 11.8. The maximum Gasteiger partial charge on any atom is 0.0886 e. The van der Waals surface area contributed by atoms with E-state index < -0.39 is 0 Å². The van der Waals surface area contributed by atoms with Crippen LogP contribution in [-0.2, 0) is 6.61 Å². The van der Waals surface area contributed by atoms with E-state index in [0.29, 0.717) is 5.92 Å². The SMILES string of the molecule is Cc1ccccc1-n1nc(CO)cc1C1CC1. The molecule has 0 unspecified atom stereocenters. The fraction of sp³-hybridized carbons (Fsp3) is 0.357. The van der Waals surface area contributed by atoms with Crippen LogP contribution in [0.4, 0.5) is 0 Å². The van der Waals surface area contributed by atoms with Gasteiger partial charge in [-0.1, -0.05) is 18.2 Å². The molecule has 0 spiro atoms. The van der Waals surface area contributed by atoms with Crippen molar-refractivity contribution in [3.8, 4) is 5.69 Å². The van der Waals surface area contributed by atoms with E-state index in [1.54, 1.807) is 0 Å². The lowest BCUT2D eigenvalue weighted by atomic mass is 10.2. The van der Waals surface area contributed by atoms with Gasteiger partial charge in [0.05, 0.1) is 18.0 Å². The molecule has 1 aliphatic carbocycles. The van der Waals surface area contributed by atoms with E-state index >= 15 is 0 Å². The molecule has 3 heteroatoms. The van der Waals surface area contributed by atoms with Crippen LogP contribution in [-0.4, -0.2) is 14.9 Å². The molecular weight excluding hydrogens is 212 g/mol. The summed E-state index contributed by atoms with van der Waals surface area (Å²) in [4.78, 5) is 0. The van der Waals surface area contributed by atoms with Crippen LogP contribution >= 0.6 is 0 Å². The number of para-hydroxylation sites is 1. The summed E-state index contributed by atoms with van der Waals surface area (Å²) in [6.07, 6.45) is 2.48. The summed E-state index contributed by atoms with van der Waals surface area (Å²) in [7, 11) is 0. The molecule has 0 bridgehead atoms. The van der Waals surface area contributed by atoms with Gasteiger partial charge in [-0.05, 0) is 37.5 Å². The maximum absolute atomic E-state index is 9.22. The molecule has 17 heavy (non-hydrogen) atoms. The predicted octanol–water partition coefficient (Wildman–Crippen LogP) is 2.55. The van der Waals surface area contributed by atoms with Crippen molar-refractivity contribution in [2.75, 3.05) is 0 Å². The molecule has 1 aliphatic rings. The second-order valence-electron chi connectivity index (χ2n) is 4.69. The average Bonchev–Trinajstić information content (AvgIpc) is 3.10. The number of aryl methyl sites for hydroxylation is 1. The van der Waals surface area contributed by atoms with Crippen molar-refractivity contribution >= 4 is 0 Å². The first-order valence-corrected chi connectivity index (χ1v) is 6.05. The van der Waals surface area contributed by atoms with Gasteiger partial charge in [0.2, 0.25) is 0 Å². The fourth-order valence-corrected chi connectivity index (χ4v) is 2.19.